The molecule has 108 valence electrons. The van der Waals surface area contributed by atoms with Crippen molar-refractivity contribution in [2.24, 2.45) is 0 Å². The van der Waals surface area contributed by atoms with Crippen LogP contribution in [0, 0.1) is 12.7 Å². The Hall–Kier alpha value is -0.740. The first-order valence-corrected chi connectivity index (χ1v) is 8.57. The summed E-state index contributed by atoms with van der Waals surface area (Å²) in [5, 5.41) is -0.169. The van der Waals surface area contributed by atoms with Gasteiger partial charge in [-0.2, -0.15) is 11.8 Å². The molecule has 0 amide bonds. The zero-order valence-electron chi connectivity index (χ0n) is 11.7. The Kier molecular flexibility index (Phi) is 3.95. The van der Waals surface area contributed by atoms with Crippen LogP contribution in [0.15, 0.2) is 12.1 Å². The van der Waals surface area contributed by atoms with Crippen LogP contribution >= 0.6 is 23.4 Å². The van der Waals surface area contributed by atoms with Crippen LogP contribution in [-0.2, 0) is 0 Å². The summed E-state index contributed by atoms with van der Waals surface area (Å²) >= 11 is 8.27. The summed E-state index contributed by atoms with van der Waals surface area (Å²) in [6.07, 6.45) is 2.36. The molecule has 2 unspecified atom stereocenters. The largest absolute Gasteiger partial charge is 0.323 e. The van der Waals surface area contributed by atoms with E-state index in [0.29, 0.717) is 17.1 Å². The maximum atomic E-state index is 13.7. The van der Waals surface area contributed by atoms with Crippen molar-refractivity contribution in [1.29, 1.82) is 0 Å². The third-order valence-electron chi connectivity index (χ3n) is 3.85. The van der Waals surface area contributed by atoms with E-state index in [-0.39, 0.29) is 11.2 Å². The van der Waals surface area contributed by atoms with Crippen molar-refractivity contribution < 1.29 is 4.39 Å². The lowest BCUT2D eigenvalue weighted by Crippen LogP contribution is -2.18. The first-order chi connectivity index (χ1) is 9.58. The van der Waals surface area contributed by atoms with E-state index in [1.54, 1.807) is 6.92 Å². The van der Waals surface area contributed by atoms with Crippen LogP contribution in [-0.4, -0.2) is 21.1 Å². The monoisotopic (exact) mass is 312 g/mol. The molecular formula is C15H18ClFN2S. The summed E-state index contributed by atoms with van der Waals surface area (Å²) in [5.74, 6) is 2.97. The van der Waals surface area contributed by atoms with Crippen LogP contribution in [0.3, 0.4) is 0 Å². The van der Waals surface area contributed by atoms with E-state index >= 15 is 0 Å². The van der Waals surface area contributed by atoms with Gasteiger partial charge in [0.1, 0.15) is 11.6 Å². The molecule has 1 aromatic carbocycles. The molecule has 2 aromatic rings. The van der Waals surface area contributed by atoms with Gasteiger partial charge in [0.15, 0.2) is 0 Å². The molecule has 2 heterocycles. The Morgan fingerprint density at radius 2 is 2.30 bits per heavy atom. The normalized spacial score (nSPS) is 21.3. The summed E-state index contributed by atoms with van der Waals surface area (Å²) in [5.41, 5.74) is 2.39. The molecule has 1 fully saturated rings. The smallest absolute Gasteiger partial charge is 0.128 e. The summed E-state index contributed by atoms with van der Waals surface area (Å²) in [7, 11) is 0. The fourth-order valence-electron chi connectivity index (χ4n) is 2.83. The quantitative estimate of drug-likeness (QED) is 0.738. The molecule has 0 bridgehead atoms. The molecule has 3 rings (SSSR count). The highest BCUT2D eigenvalue weighted by molar-refractivity contribution is 7.99. The second-order valence-corrected chi connectivity index (χ2v) is 7.22. The van der Waals surface area contributed by atoms with Crippen LogP contribution in [0.2, 0.25) is 0 Å². The van der Waals surface area contributed by atoms with Gasteiger partial charge < -0.3 is 4.57 Å². The zero-order chi connectivity index (χ0) is 14.3. The molecule has 0 saturated carbocycles. The summed E-state index contributed by atoms with van der Waals surface area (Å²) in [6, 6.07) is 3.85. The third-order valence-corrected chi connectivity index (χ3v) is 5.25. The molecule has 1 aliphatic heterocycles. The van der Waals surface area contributed by atoms with Gasteiger partial charge in [0.25, 0.3) is 0 Å². The van der Waals surface area contributed by atoms with Crippen LogP contribution in [0.25, 0.3) is 11.0 Å². The minimum atomic E-state index is -0.200. The van der Waals surface area contributed by atoms with Crippen molar-refractivity contribution in [2.75, 3.05) is 11.5 Å². The Labute approximate surface area is 127 Å². The molecular weight excluding hydrogens is 295 g/mol. The number of alkyl halides is 1. The van der Waals surface area contributed by atoms with E-state index in [4.69, 9.17) is 11.6 Å². The Balaban J connectivity index is 2.20. The molecule has 1 aromatic heterocycles. The summed E-state index contributed by atoms with van der Waals surface area (Å²) < 4.78 is 16.0. The average molecular weight is 313 g/mol. The lowest BCUT2D eigenvalue weighted by molar-refractivity contribution is 0.493. The number of aryl methyl sites for hydroxylation is 1. The second-order valence-electron chi connectivity index (χ2n) is 5.42. The SMILES string of the molecule is Cc1cc2c(cc1F)nc(C(C)Cl)n2C1CCCSC1. The number of aromatic nitrogens is 2. The standard InChI is InChI=1S/C15H18ClFN2S/c1-9-6-14-13(7-12(9)17)18-15(10(2)16)19(14)11-4-3-5-20-8-11/h6-7,10-11H,3-5,8H2,1-2H3. The minimum Gasteiger partial charge on any atom is -0.323 e. The number of hydrogen-bond acceptors (Lipinski definition) is 2. The predicted molar refractivity (Wildman–Crippen MR) is 84.3 cm³/mol. The molecule has 0 N–H and O–H groups in total. The van der Waals surface area contributed by atoms with Crippen molar-refractivity contribution in [1.82, 2.24) is 9.55 Å². The zero-order valence-corrected chi connectivity index (χ0v) is 13.3. The molecule has 1 aliphatic rings. The number of hydrogen-bond donors (Lipinski definition) is 0. The second kappa shape index (κ2) is 5.57. The fourth-order valence-corrected chi connectivity index (χ4v) is 4.11. The highest BCUT2D eigenvalue weighted by Gasteiger charge is 2.24. The topological polar surface area (TPSA) is 17.8 Å². The average Bonchev–Trinajstić information content (AvgIpc) is 2.79. The molecule has 1 saturated heterocycles. The summed E-state index contributed by atoms with van der Waals surface area (Å²) in [6.45, 7) is 3.73. The third kappa shape index (κ3) is 2.44. The predicted octanol–water partition coefficient (Wildman–Crippen LogP) is 4.85. The number of fused-ring (bicyclic) bond motifs is 1. The highest BCUT2D eigenvalue weighted by Crippen LogP contribution is 2.35. The number of halogens is 2. The van der Waals surface area contributed by atoms with Gasteiger partial charge in [-0.25, -0.2) is 9.37 Å². The first-order valence-electron chi connectivity index (χ1n) is 6.97. The van der Waals surface area contributed by atoms with E-state index in [0.717, 1.165) is 23.5 Å². The van der Waals surface area contributed by atoms with Crippen LogP contribution in [0.4, 0.5) is 4.39 Å². The van der Waals surface area contributed by atoms with Gasteiger partial charge in [0.05, 0.1) is 16.4 Å². The van der Waals surface area contributed by atoms with Gasteiger partial charge in [0.2, 0.25) is 0 Å². The lowest BCUT2D eigenvalue weighted by Gasteiger charge is -2.26. The van der Waals surface area contributed by atoms with Gasteiger partial charge in [-0.05, 0) is 44.1 Å². The molecule has 2 atom stereocenters. The maximum Gasteiger partial charge on any atom is 0.128 e. The molecule has 0 spiro atoms. The Morgan fingerprint density at radius 1 is 1.50 bits per heavy atom. The Bertz CT molecular complexity index is 632. The van der Waals surface area contributed by atoms with Crippen molar-refractivity contribution in [3.63, 3.8) is 0 Å². The number of nitrogens with zero attached hydrogens (tertiary/aromatic N) is 2. The van der Waals surface area contributed by atoms with E-state index in [9.17, 15) is 4.39 Å². The first kappa shape index (κ1) is 14.2. The van der Waals surface area contributed by atoms with Gasteiger partial charge in [0, 0.05) is 17.9 Å². The van der Waals surface area contributed by atoms with Crippen molar-refractivity contribution in [3.8, 4) is 0 Å². The number of rotatable bonds is 2. The lowest BCUT2D eigenvalue weighted by atomic mass is 10.1. The maximum absolute atomic E-state index is 13.7. The van der Waals surface area contributed by atoms with Crippen LogP contribution in [0.5, 0.6) is 0 Å². The van der Waals surface area contributed by atoms with Crippen LogP contribution < -0.4 is 0 Å². The van der Waals surface area contributed by atoms with Gasteiger partial charge >= 0.3 is 0 Å². The molecule has 0 radical (unpaired) electrons. The van der Waals surface area contributed by atoms with E-state index in [2.05, 4.69) is 9.55 Å². The van der Waals surface area contributed by atoms with E-state index < -0.39 is 0 Å². The fraction of sp³-hybridized carbons (Fsp3) is 0.533. The van der Waals surface area contributed by atoms with Gasteiger partial charge in [-0.1, -0.05) is 0 Å². The van der Waals surface area contributed by atoms with Gasteiger partial charge in [-0.3, -0.25) is 0 Å². The molecule has 5 heteroatoms. The highest BCUT2D eigenvalue weighted by atomic mass is 35.5. The number of thioether (sulfide) groups is 1. The molecule has 0 aliphatic carbocycles. The van der Waals surface area contributed by atoms with Gasteiger partial charge in [-0.15, -0.1) is 11.6 Å². The van der Waals surface area contributed by atoms with Crippen molar-refractivity contribution in [3.05, 3.63) is 29.3 Å². The van der Waals surface area contributed by atoms with E-state index in [1.165, 1.54) is 18.2 Å². The van der Waals surface area contributed by atoms with Crippen LogP contribution in [0.1, 0.15) is 42.6 Å². The number of benzene rings is 1. The molecule has 20 heavy (non-hydrogen) atoms. The molecule has 2 nitrogen and oxygen atoms in total. The number of imidazole rings is 1. The minimum absolute atomic E-state index is 0.169. The van der Waals surface area contributed by atoms with Crippen molar-refractivity contribution in [2.45, 2.75) is 38.1 Å². The van der Waals surface area contributed by atoms with E-state index in [1.807, 2.05) is 24.8 Å². The summed E-state index contributed by atoms with van der Waals surface area (Å²) in [4.78, 5) is 4.57. The van der Waals surface area contributed by atoms with Crippen molar-refractivity contribution >= 4 is 34.4 Å². The Morgan fingerprint density at radius 3 is 2.95 bits per heavy atom.